The van der Waals surface area contributed by atoms with Crippen molar-refractivity contribution in [2.75, 3.05) is 20.8 Å². The van der Waals surface area contributed by atoms with Gasteiger partial charge >= 0.3 is 0 Å². The maximum absolute atomic E-state index is 12.1. The van der Waals surface area contributed by atoms with Crippen LogP contribution in [0.5, 0.6) is 5.75 Å². The summed E-state index contributed by atoms with van der Waals surface area (Å²) >= 11 is 0. The van der Waals surface area contributed by atoms with Gasteiger partial charge in [0.05, 0.1) is 19.8 Å². The van der Waals surface area contributed by atoms with E-state index in [-0.39, 0.29) is 11.9 Å². The Morgan fingerprint density at radius 2 is 2.11 bits per heavy atom. The largest absolute Gasteiger partial charge is 0.496 e. The van der Waals surface area contributed by atoms with Crippen LogP contribution in [0.25, 0.3) is 0 Å². The molecule has 1 aromatic carbocycles. The van der Waals surface area contributed by atoms with Crippen LogP contribution in [0, 0.1) is 6.92 Å². The smallest absolute Gasteiger partial charge is 0.251 e. The Morgan fingerprint density at radius 3 is 2.63 bits per heavy atom. The van der Waals surface area contributed by atoms with E-state index in [0.717, 1.165) is 24.2 Å². The number of carbonyl (C=O) groups is 1. The van der Waals surface area contributed by atoms with Gasteiger partial charge in [0.2, 0.25) is 0 Å². The summed E-state index contributed by atoms with van der Waals surface area (Å²) in [6.45, 7) is 4.55. The molecule has 0 bridgehead atoms. The lowest BCUT2D eigenvalue weighted by molar-refractivity contribution is 0.0891. The summed E-state index contributed by atoms with van der Waals surface area (Å²) < 4.78 is 10.3. The number of amides is 1. The lowest BCUT2D eigenvalue weighted by Crippen LogP contribution is -2.37. The number of rotatable bonds is 7. The third kappa shape index (κ3) is 4.56. The zero-order valence-corrected chi connectivity index (χ0v) is 12.2. The van der Waals surface area contributed by atoms with Crippen LogP contribution in [0.1, 0.15) is 35.7 Å². The average Bonchev–Trinajstić information content (AvgIpc) is 2.39. The van der Waals surface area contributed by atoms with Crippen LogP contribution >= 0.6 is 0 Å². The Bertz CT molecular complexity index is 412. The molecule has 0 aliphatic carbocycles. The Labute approximate surface area is 115 Å². The summed E-state index contributed by atoms with van der Waals surface area (Å²) in [5, 5.41) is 3.00. The molecule has 0 saturated carbocycles. The molecular weight excluding hydrogens is 242 g/mol. The summed E-state index contributed by atoms with van der Waals surface area (Å²) in [5.74, 6) is 0.722. The van der Waals surface area contributed by atoms with Crippen LogP contribution in [-0.4, -0.2) is 32.8 Å². The van der Waals surface area contributed by atoms with E-state index in [2.05, 4.69) is 12.2 Å². The minimum absolute atomic E-state index is 0.0601. The van der Waals surface area contributed by atoms with E-state index in [0.29, 0.717) is 12.2 Å². The van der Waals surface area contributed by atoms with E-state index >= 15 is 0 Å². The highest BCUT2D eigenvalue weighted by atomic mass is 16.5. The van der Waals surface area contributed by atoms with E-state index in [4.69, 9.17) is 9.47 Å². The van der Waals surface area contributed by atoms with Crippen molar-refractivity contribution in [3.8, 4) is 5.75 Å². The predicted molar refractivity (Wildman–Crippen MR) is 75.8 cm³/mol. The molecule has 0 heterocycles. The molecule has 0 radical (unpaired) electrons. The molecule has 19 heavy (non-hydrogen) atoms. The molecule has 0 aromatic heterocycles. The van der Waals surface area contributed by atoms with Gasteiger partial charge in [-0.2, -0.15) is 0 Å². The van der Waals surface area contributed by atoms with Gasteiger partial charge in [-0.25, -0.2) is 0 Å². The van der Waals surface area contributed by atoms with Crippen LogP contribution in [0.3, 0.4) is 0 Å². The molecule has 1 aromatic rings. The molecule has 0 saturated heterocycles. The number of aryl methyl sites for hydroxylation is 1. The highest BCUT2D eigenvalue weighted by molar-refractivity contribution is 5.94. The molecule has 0 aliphatic heterocycles. The number of methoxy groups -OCH3 is 2. The van der Waals surface area contributed by atoms with Gasteiger partial charge in [0.15, 0.2) is 0 Å². The molecule has 1 amide bonds. The van der Waals surface area contributed by atoms with Crippen LogP contribution in [0.4, 0.5) is 0 Å². The number of carbonyl (C=O) groups excluding carboxylic acids is 1. The number of hydrogen-bond donors (Lipinski definition) is 1. The normalized spacial score (nSPS) is 12.0. The molecule has 0 aliphatic rings. The molecule has 4 heteroatoms. The standard InChI is InChI=1S/C15H23NO3/c1-5-6-13(10-18-3)16-15(17)12-7-8-14(19-4)11(2)9-12/h7-9,13H,5-6,10H2,1-4H3,(H,16,17). The second kappa shape index (κ2) is 7.79. The van der Waals surface area contributed by atoms with Crippen molar-refractivity contribution in [3.63, 3.8) is 0 Å². The summed E-state index contributed by atoms with van der Waals surface area (Å²) in [6.07, 6.45) is 1.92. The minimum Gasteiger partial charge on any atom is -0.496 e. The average molecular weight is 265 g/mol. The van der Waals surface area contributed by atoms with Gasteiger partial charge < -0.3 is 14.8 Å². The highest BCUT2D eigenvalue weighted by Gasteiger charge is 2.13. The monoisotopic (exact) mass is 265 g/mol. The molecule has 1 rings (SSSR count). The molecule has 4 nitrogen and oxygen atoms in total. The van der Waals surface area contributed by atoms with Crippen LogP contribution < -0.4 is 10.1 Å². The Kier molecular flexibility index (Phi) is 6.36. The second-order valence-electron chi connectivity index (χ2n) is 4.60. The number of ether oxygens (including phenoxy) is 2. The maximum Gasteiger partial charge on any atom is 0.251 e. The third-order valence-corrected chi connectivity index (χ3v) is 3.00. The van der Waals surface area contributed by atoms with Gasteiger partial charge in [0.1, 0.15) is 5.75 Å². The Morgan fingerprint density at radius 1 is 1.37 bits per heavy atom. The molecule has 0 fully saturated rings. The first-order valence-electron chi connectivity index (χ1n) is 6.56. The van der Waals surface area contributed by atoms with E-state index in [1.807, 2.05) is 19.1 Å². The zero-order chi connectivity index (χ0) is 14.3. The molecule has 1 unspecified atom stereocenters. The van der Waals surface area contributed by atoms with Gasteiger partial charge in [-0.05, 0) is 37.1 Å². The van der Waals surface area contributed by atoms with Gasteiger partial charge in [-0.15, -0.1) is 0 Å². The summed E-state index contributed by atoms with van der Waals surface area (Å²) in [5.41, 5.74) is 1.60. The minimum atomic E-state index is -0.0683. The van der Waals surface area contributed by atoms with Crippen molar-refractivity contribution in [2.24, 2.45) is 0 Å². The number of benzene rings is 1. The first-order chi connectivity index (χ1) is 9.12. The molecule has 1 N–H and O–H groups in total. The third-order valence-electron chi connectivity index (χ3n) is 3.00. The first kappa shape index (κ1) is 15.5. The van der Waals surface area contributed by atoms with Gasteiger partial charge in [-0.1, -0.05) is 13.3 Å². The zero-order valence-electron chi connectivity index (χ0n) is 12.2. The highest BCUT2D eigenvalue weighted by Crippen LogP contribution is 2.18. The summed E-state index contributed by atoms with van der Waals surface area (Å²) in [6, 6.07) is 5.49. The number of nitrogens with one attached hydrogen (secondary N) is 1. The topological polar surface area (TPSA) is 47.6 Å². The van der Waals surface area contributed by atoms with Crippen molar-refractivity contribution in [1.29, 1.82) is 0 Å². The maximum atomic E-state index is 12.1. The Balaban J connectivity index is 2.73. The lowest BCUT2D eigenvalue weighted by atomic mass is 10.1. The van der Waals surface area contributed by atoms with Gasteiger partial charge in [-0.3, -0.25) is 4.79 Å². The number of hydrogen-bond acceptors (Lipinski definition) is 3. The van der Waals surface area contributed by atoms with Crippen molar-refractivity contribution >= 4 is 5.91 Å². The predicted octanol–water partition coefficient (Wildman–Crippen LogP) is 2.55. The fourth-order valence-electron chi connectivity index (χ4n) is 2.04. The van der Waals surface area contributed by atoms with Crippen molar-refractivity contribution in [2.45, 2.75) is 32.7 Å². The summed E-state index contributed by atoms with van der Waals surface area (Å²) in [4.78, 5) is 12.1. The van der Waals surface area contributed by atoms with Gasteiger partial charge in [0, 0.05) is 12.7 Å². The molecule has 106 valence electrons. The fourth-order valence-corrected chi connectivity index (χ4v) is 2.04. The van der Waals surface area contributed by atoms with E-state index in [1.165, 1.54) is 0 Å². The molecule has 0 spiro atoms. The van der Waals surface area contributed by atoms with E-state index in [1.54, 1.807) is 20.3 Å². The van der Waals surface area contributed by atoms with Gasteiger partial charge in [0.25, 0.3) is 5.91 Å². The van der Waals surface area contributed by atoms with Crippen LogP contribution in [0.2, 0.25) is 0 Å². The summed E-state index contributed by atoms with van der Waals surface area (Å²) in [7, 11) is 3.27. The second-order valence-corrected chi connectivity index (χ2v) is 4.60. The van der Waals surface area contributed by atoms with E-state index in [9.17, 15) is 4.79 Å². The molecular formula is C15H23NO3. The van der Waals surface area contributed by atoms with Crippen molar-refractivity contribution in [3.05, 3.63) is 29.3 Å². The first-order valence-corrected chi connectivity index (χ1v) is 6.56. The SMILES string of the molecule is CCCC(COC)NC(=O)c1ccc(OC)c(C)c1. The van der Waals surface area contributed by atoms with Crippen LogP contribution in [0.15, 0.2) is 18.2 Å². The Hall–Kier alpha value is -1.55. The van der Waals surface area contributed by atoms with Crippen LogP contribution in [-0.2, 0) is 4.74 Å². The molecule has 1 atom stereocenters. The lowest BCUT2D eigenvalue weighted by Gasteiger charge is -2.17. The fraction of sp³-hybridized carbons (Fsp3) is 0.533. The quantitative estimate of drug-likeness (QED) is 0.824. The van der Waals surface area contributed by atoms with Crippen molar-refractivity contribution < 1.29 is 14.3 Å². The van der Waals surface area contributed by atoms with Crippen molar-refractivity contribution in [1.82, 2.24) is 5.32 Å². The van der Waals surface area contributed by atoms with E-state index < -0.39 is 0 Å².